The molecule has 1 amide bonds. The molecule has 5 nitrogen and oxygen atoms in total. The van der Waals surface area contributed by atoms with E-state index in [2.05, 4.69) is 24.0 Å². The third-order valence-electron chi connectivity index (χ3n) is 4.35. The molecule has 2 heterocycles. The lowest BCUT2D eigenvalue weighted by Gasteiger charge is -2.34. The Morgan fingerprint density at radius 1 is 1.22 bits per heavy atom. The van der Waals surface area contributed by atoms with E-state index in [0.29, 0.717) is 17.5 Å². The average molecular weight is 313 g/mol. The van der Waals surface area contributed by atoms with Crippen LogP contribution in [-0.2, 0) is 0 Å². The minimum atomic E-state index is 0.0376. The standard InChI is InChI=1S/C18H23N3O2/c1-12-8-13(2)11-21(10-12)18(22)17-9-16(19-20-17)14-4-6-15(23-3)7-5-14/h4-7,9,12-13H,8,10-11H2,1-3H3,(H,19,20)/t12-,13-/m1/s1. The number of methoxy groups -OCH3 is 1. The molecule has 23 heavy (non-hydrogen) atoms. The zero-order valence-corrected chi connectivity index (χ0v) is 13.9. The second-order valence-corrected chi connectivity index (χ2v) is 6.55. The number of nitrogens with one attached hydrogen (secondary N) is 1. The highest BCUT2D eigenvalue weighted by molar-refractivity contribution is 5.93. The van der Waals surface area contributed by atoms with Crippen LogP contribution in [0, 0.1) is 11.8 Å². The summed E-state index contributed by atoms with van der Waals surface area (Å²) in [4.78, 5) is 14.6. The number of benzene rings is 1. The molecular formula is C18H23N3O2. The van der Waals surface area contributed by atoms with Crippen LogP contribution in [0.2, 0.25) is 0 Å². The number of ether oxygens (including phenoxy) is 1. The molecule has 1 N–H and O–H groups in total. The number of hydrogen-bond donors (Lipinski definition) is 1. The van der Waals surface area contributed by atoms with Crippen LogP contribution in [0.1, 0.15) is 30.8 Å². The van der Waals surface area contributed by atoms with Crippen LogP contribution in [0.25, 0.3) is 11.3 Å². The van der Waals surface area contributed by atoms with E-state index in [1.54, 1.807) is 7.11 Å². The van der Waals surface area contributed by atoms with Crippen LogP contribution in [-0.4, -0.2) is 41.2 Å². The lowest BCUT2D eigenvalue weighted by Crippen LogP contribution is -2.42. The first-order valence-corrected chi connectivity index (χ1v) is 8.06. The molecule has 0 saturated carbocycles. The molecule has 0 aliphatic carbocycles. The fourth-order valence-electron chi connectivity index (χ4n) is 3.34. The molecule has 0 spiro atoms. The summed E-state index contributed by atoms with van der Waals surface area (Å²) in [5.41, 5.74) is 2.28. The van der Waals surface area contributed by atoms with Gasteiger partial charge in [0.1, 0.15) is 11.4 Å². The van der Waals surface area contributed by atoms with Crippen molar-refractivity contribution in [2.75, 3.05) is 20.2 Å². The lowest BCUT2D eigenvalue weighted by atomic mass is 9.92. The van der Waals surface area contributed by atoms with E-state index in [0.717, 1.165) is 30.1 Å². The fraction of sp³-hybridized carbons (Fsp3) is 0.444. The number of carbonyl (C=O) groups excluding carboxylic acids is 1. The van der Waals surface area contributed by atoms with Gasteiger partial charge in [-0.1, -0.05) is 13.8 Å². The van der Waals surface area contributed by atoms with E-state index >= 15 is 0 Å². The molecule has 1 aromatic carbocycles. The maximum atomic E-state index is 12.7. The molecule has 0 bridgehead atoms. The Bertz CT molecular complexity index is 668. The normalized spacial score (nSPS) is 21.3. The molecule has 0 unspecified atom stereocenters. The quantitative estimate of drug-likeness (QED) is 0.946. The van der Waals surface area contributed by atoms with Crippen molar-refractivity contribution in [3.05, 3.63) is 36.0 Å². The van der Waals surface area contributed by atoms with Gasteiger partial charge in [0.15, 0.2) is 0 Å². The smallest absolute Gasteiger partial charge is 0.271 e. The topological polar surface area (TPSA) is 58.2 Å². The van der Waals surface area contributed by atoms with Gasteiger partial charge in [0, 0.05) is 18.7 Å². The first-order valence-electron chi connectivity index (χ1n) is 8.06. The Morgan fingerprint density at radius 3 is 2.48 bits per heavy atom. The van der Waals surface area contributed by atoms with Crippen LogP contribution < -0.4 is 4.74 Å². The van der Waals surface area contributed by atoms with Crippen molar-refractivity contribution in [2.45, 2.75) is 20.3 Å². The Hall–Kier alpha value is -2.30. The van der Waals surface area contributed by atoms with Crippen molar-refractivity contribution in [1.82, 2.24) is 15.1 Å². The molecule has 122 valence electrons. The summed E-state index contributed by atoms with van der Waals surface area (Å²) >= 11 is 0. The van der Waals surface area contributed by atoms with Gasteiger partial charge in [0.05, 0.1) is 12.8 Å². The predicted octanol–water partition coefficient (Wildman–Crippen LogP) is 3.20. The summed E-state index contributed by atoms with van der Waals surface area (Å²) in [6.45, 7) is 6.04. The minimum Gasteiger partial charge on any atom is -0.497 e. The van der Waals surface area contributed by atoms with Crippen LogP contribution in [0.4, 0.5) is 0 Å². The zero-order chi connectivity index (χ0) is 16.4. The number of amides is 1. The van der Waals surface area contributed by atoms with E-state index in [1.807, 2.05) is 35.2 Å². The predicted molar refractivity (Wildman–Crippen MR) is 89.4 cm³/mol. The Balaban J connectivity index is 1.76. The van der Waals surface area contributed by atoms with Crippen molar-refractivity contribution in [2.24, 2.45) is 11.8 Å². The highest BCUT2D eigenvalue weighted by atomic mass is 16.5. The lowest BCUT2D eigenvalue weighted by molar-refractivity contribution is 0.0617. The third-order valence-corrected chi connectivity index (χ3v) is 4.35. The molecule has 2 aromatic rings. The number of rotatable bonds is 3. The highest BCUT2D eigenvalue weighted by Gasteiger charge is 2.27. The number of piperidine rings is 1. The molecule has 1 aliphatic rings. The molecule has 3 rings (SSSR count). The van der Waals surface area contributed by atoms with E-state index in [1.165, 1.54) is 6.42 Å². The summed E-state index contributed by atoms with van der Waals surface area (Å²) in [7, 11) is 1.64. The zero-order valence-electron chi connectivity index (χ0n) is 13.9. The molecule has 0 radical (unpaired) electrons. The van der Waals surface area contributed by atoms with Crippen LogP contribution >= 0.6 is 0 Å². The van der Waals surface area contributed by atoms with Gasteiger partial charge in [-0.3, -0.25) is 9.89 Å². The molecule has 2 atom stereocenters. The number of hydrogen-bond acceptors (Lipinski definition) is 3. The molecule has 1 fully saturated rings. The Morgan fingerprint density at radius 2 is 1.87 bits per heavy atom. The van der Waals surface area contributed by atoms with E-state index in [4.69, 9.17) is 4.74 Å². The second kappa shape index (κ2) is 6.44. The third kappa shape index (κ3) is 3.38. The Kier molecular flexibility index (Phi) is 4.37. The molecule has 1 aromatic heterocycles. The van der Waals surface area contributed by atoms with Crippen molar-refractivity contribution in [3.8, 4) is 17.0 Å². The summed E-state index contributed by atoms with van der Waals surface area (Å²) in [6.07, 6.45) is 1.18. The number of carbonyl (C=O) groups is 1. The van der Waals surface area contributed by atoms with E-state index in [-0.39, 0.29) is 5.91 Å². The van der Waals surface area contributed by atoms with Gasteiger partial charge in [-0.2, -0.15) is 5.10 Å². The summed E-state index contributed by atoms with van der Waals surface area (Å²) in [6, 6.07) is 9.48. The second-order valence-electron chi connectivity index (χ2n) is 6.55. The van der Waals surface area contributed by atoms with Gasteiger partial charge in [-0.25, -0.2) is 0 Å². The monoisotopic (exact) mass is 313 g/mol. The van der Waals surface area contributed by atoms with Gasteiger partial charge < -0.3 is 9.64 Å². The van der Waals surface area contributed by atoms with E-state index in [9.17, 15) is 4.79 Å². The SMILES string of the molecule is COc1ccc(-c2cc(C(=O)N3C[C@H](C)C[C@@H](C)C3)[nH]n2)cc1. The summed E-state index contributed by atoms with van der Waals surface area (Å²) in [5, 5.41) is 7.17. The summed E-state index contributed by atoms with van der Waals surface area (Å²) in [5.74, 6) is 1.94. The Labute approximate surface area is 136 Å². The molecule has 1 saturated heterocycles. The number of nitrogens with zero attached hydrogens (tertiary/aromatic N) is 2. The highest BCUT2D eigenvalue weighted by Crippen LogP contribution is 2.24. The van der Waals surface area contributed by atoms with Gasteiger partial charge in [0.2, 0.25) is 0 Å². The van der Waals surface area contributed by atoms with Crippen molar-refractivity contribution >= 4 is 5.91 Å². The maximum absolute atomic E-state index is 12.7. The first kappa shape index (κ1) is 15.6. The number of likely N-dealkylation sites (tertiary alicyclic amines) is 1. The largest absolute Gasteiger partial charge is 0.497 e. The number of aromatic amines is 1. The maximum Gasteiger partial charge on any atom is 0.271 e. The molecular weight excluding hydrogens is 290 g/mol. The van der Waals surface area contributed by atoms with Gasteiger partial charge in [-0.15, -0.1) is 0 Å². The van der Waals surface area contributed by atoms with Crippen LogP contribution in [0.3, 0.4) is 0 Å². The van der Waals surface area contributed by atoms with Crippen molar-refractivity contribution < 1.29 is 9.53 Å². The van der Waals surface area contributed by atoms with Crippen molar-refractivity contribution in [1.29, 1.82) is 0 Å². The molecule has 1 aliphatic heterocycles. The number of H-pyrrole nitrogens is 1. The summed E-state index contributed by atoms with van der Waals surface area (Å²) < 4.78 is 5.16. The van der Waals surface area contributed by atoms with Gasteiger partial charge >= 0.3 is 0 Å². The average Bonchev–Trinajstić information content (AvgIpc) is 3.03. The minimum absolute atomic E-state index is 0.0376. The van der Waals surface area contributed by atoms with Gasteiger partial charge in [0.25, 0.3) is 5.91 Å². The fourth-order valence-corrected chi connectivity index (χ4v) is 3.34. The van der Waals surface area contributed by atoms with Crippen molar-refractivity contribution in [3.63, 3.8) is 0 Å². The van der Waals surface area contributed by atoms with Gasteiger partial charge in [-0.05, 0) is 48.6 Å². The van der Waals surface area contributed by atoms with Crippen LogP contribution in [0.5, 0.6) is 5.75 Å². The van der Waals surface area contributed by atoms with E-state index < -0.39 is 0 Å². The van der Waals surface area contributed by atoms with Crippen LogP contribution in [0.15, 0.2) is 30.3 Å². The number of aromatic nitrogens is 2. The first-order chi connectivity index (χ1) is 11.1. The molecule has 5 heteroatoms.